The summed E-state index contributed by atoms with van der Waals surface area (Å²) in [5.41, 5.74) is 4.57. The average molecular weight is 438 g/mol. The van der Waals surface area contributed by atoms with Crippen LogP contribution in [0.15, 0.2) is 53.4 Å². The van der Waals surface area contributed by atoms with E-state index in [9.17, 15) is 4.79 Å². The molecule has 1 N–H and O–H groups in total. The van der Waals surface area contributed by atoms with Crippen LogP contribution < -0.4 is 0 Å². The molecule has 3 aromatic rings. The van der Waals surface area contributed by atoms with Crippen molar-refractivity contribution in [3.8, 4) is 11.3 Å². The Kier molecular flexibility index (Phi) is 5.34. The Labute approximate surface area is 186 Å². The van der Waals surface area contributed by atoms with E-state index >= 15 is 0 Å². The lowest BCUT2D eigenvalue weighted by Crippen LogP contribution is -2.40. The maximum absolute atomic E-state index is 13.5. The number of carbonyl (C=O) groups excluding carboxylic acids is 1. The van der Waals surface area contributed by atoms with E-state index in [1.165, 1.54) is 24.2 Å². The molecule has 2 aliphatic rings. The number of aromatic amines is 1. The highest BCUT2D eigenvalue weighted by molar-refractivity contribution is 7.98. The number of hydrogen-bond acceptors (Lipinski definition) is 3. The first kappa shape index (κ1) is 19.7. The molecule has 0 bridgehead atoms. The molecule has 154 valence electrons. The highest BCUT2D eigenvalue weighted by atomic mass is 35.5. The predicted molar refractivity (Wildman–Crippen MR) is 122 cm³/mol. The summed E-state index contributed by atoms with van der Waals surface area (Å²) in [7, 11) is 0. The van der Waals surface area contributed by atoms with Gasteiger partial charge in [0.2, 0.25) is 0 Å². The van der Waals surface area contributed by atoms with E-state index in [1.807, 2.05) is 24.3 Å². The fourth-order valence-electron chi connectivity index (χ4n) is 4.84. The van der Waals surface area contributed by atoms with Crippen molar-refractivity contribution < 1.29 is 4.79 Å². The quantitative estimate of drug-likeness (QED) is 0.485. The third-order valence-electron chi connectivity index (χ3n) is 6.32. The number of halogens is 1. The van der Waals surface area contributed by atoms with E-state index in [4.69, 9.17) is 11.6 Å². The van der Waals surface area contributed by atoms with Crippen molar-refractivity contribution in [2.45, 2.75) is 49.1 Å². The Balaban J connectivity index is 1.64. The molecule has 1 unspecified atom stereocenters. The van der Waals surface area contributed by atoms with Crippen LogP contribution in [-0.4, -0.2) is 33.3 Å². The highest BCUT2D eigenvalue weighted by Crippen LogP contribution is 2.45. The number of carbonyl (C=O) groups is 1. The Hall–Kier alpha value is -2.24. The number of nitrogens with zero attached hydrogens (tertiary/aromatic N) is 2. The fourth-order valence-corrected chi connectivity index (χ4v) is 5.38. The summed E-state index contributed by atoms with van der Waals surface area (Å²) in [6.45, 7) is 0. The maximum atomic E-state index is 13.5. The van der Waals surface area contributed by atoms with Crippen LogP contribution in [0.3, 0.4) is 0 Å². The van der Waals surface area contributed by atoms with Crippen molar-refractivity contribution in [1.29, 1.82) is 0 Å². The lowest BCUT2D eigenvalue weighted by atomic mass is 9.91. The minimum absolute atomic E-state index is 0.0727. The van der Waals surface area contributed by atoms with Crippen LogP contribution in [0, 0.1) is 0 Å². The molecule has 2 heterocycles. The number of nitrogens with one attached hydrogen (secondary N) is 1. The summed E-state index contributed by atoms with van der Waals surface area (Å²) in [5.74, 6) is 0.0727. The lowest BCUT2D eigenvalue weighted by Gasteiger charge is -2.36. The minimum atomic E-state index is -0.115. The lowest BCUT2D eigenvalue weighted by molar-refractivity contribution is 0.0606. The summed E-state index contributed by atoms with van der Waals surface area (Å²) >= 11 is 7.83. The van der Waals surface area contributed by atoms with Crippen LogP contribution in [0.25, 0.3) is 11.3 Å². The summed E-state index contributed by atoms with van der Waals surface area (Å²) in [6, 6.07) is 16.5. The number of thioether (sulfide) groups is 1. The molecule has 1 aromatic heterocycles. The fraction of sp³-hybridized carbons (Fsp3) is 0.333. The van der Waals surface area contributed by atoms with Crippen molar-refractivity contribution in [3.05, 3.63) is 70.4 Å². The van der Waals surface area contributed by atoms with Gasteiger partial charge in [0.05, 0.1) is 11.7 Å². The van der Waals surface area contributed by atoms with Crippen LogP contribution in [0.1, 0.15) is 59.8 Å². The van der Waals surface area contributed by atoms with Gasteiger partial charge in [0.15, 0.2) is 0 Å². The summed E-state index contributed by atoms with van der Waals surface area (Å²) in [5, 5.41) is 8.31. The number of benzene rings is 2. The van der Waals surface area contributed by atoms with Crippen molar-refractivity contribution in [1.82, 2.24) is 15.1 Å². The Morgan fingerprint density at radius 3 is 2.40 bits per heavy atom. The number of H-pyrrole nitrogens is 1. The number of rotatable bonds is 4. The molecule has 1 aliphatic carbocycles. The van der Waals surface area contributed by atoms with Crippen LogP contribution in [-0.2, 0) is 0 Å². The van der Waals surface area contributed by atoms with Gasteiger partial charge in [-0.15, -0.1) is 11.8 Å². The molecule has 1 aliphatic heterocycles. The second kappa shape index (κ2) is 8.12. The van der Waals surface area contributed by atoms with Gasteiger partial charge in [-0.05, 0) is 48.9 Å². The molecule has 30 heavy (non-hydrogen) atoms. The molecular weight excluding hydrogens is 414 g/mol. The van der Waals surface area contributed by atoms with Gasteiger partial charge in [-0.2, -0.15) is 5.10 Å². The van der Waals surface area contributed by atoms with Crippen molar-refractivity contribution in [2.24, 2.45) is 0 Å². The molecule has 1 fully saturated rings. The Bertz CT molecular complexity index is 1060. The van der Waals surface area contributed by atoms with Gasteiger partial charge in [0.25, 0.3) is 5.91 Å². The first-order valence-electron chi connectivity index (χ1n) is 10.5. The number of fused-ring (bicyclic) bond motifs is 1. The zero-order chi connectivity index (χ0) is 20.7. The Morgan fingerprint density at radius 2 is 1.73 bits per heavy atom. The smallest absolute Gasteiger partial charge is 0.273 e. The average Bonchev–Trinajstić information content (AvgIpc) is 3.34. The molecule has 0 spiro atoms. The molecule has 1 saturated carbocycles. The zero-order valence-corrected chi connectivity index (χ0v) is 18.5. The second-order valence-corrected chi connectivity index (χ2v) is 9.36. The van der Waals surface area contributed by atoms with Crippen LogP contribution >= 0.6 is 23.4 Å². The summed E-state index contributed by atoms with van der Waals surface area (Å²) in [6.07, 6.45) is 7.84. The van der Waals surface area contributed by atoms with Crippen molar-refractivity contribution in [2.75, 3.05) is 6.26 Å². The van der Waals surface area contributed by atoms with E-state index in [0.717, 1.165) is 35.2 Å². The van der Waals surface area contributed by atoms with Crippen LogP contribution in [0.5, 0.6) is 0 Å². The van der Waals surface area contributed by atoms with Crippen molar-refractivity contribution in [3.63, 3.8) is 0 Å². The van der Waals surface area contributed by atoms with E-state index in [0.29, 0.717) is 10.7 Å². The van der Waals surface area contributed by atoms with Crippen LogP contribution in [0.2, 0.25) is 5.02 Å². The first-order valence-corrected chi connectivity index (χ1v) is 12.1. The molecule has 0 saturated heterocycles. The highest BCUT2D eigenvalue weighted by Gasteiger charge is 2.45. The van der Waals surface area contributed by atoms with Gasteiger partial charge in [-0.3, -0.25) is 9.89 Å². The molecule has 1 atom stereocenters. The normalized spacial score (nSPS) is 19.3. The van der Waals surface area contributed by atoms with Gasteiger partial charge in [-0.25, -0.2) is 0 Å². The molecule has 0 radical (unpaired) electrons. The van der Waals surface area contributed by atoms with E-state index in [2.05, 4.69) is 45.6 Å². The summed E-state index contributed by atoms with van der Waals surface area (Å²) in [4.78, 5) is 16.9. The zero-order valence-electron chi connectivity index (χ0n) is 16.9. The summed E-state index contributed by atoms with van der Waals surface area (Å²) < 4.78 is 0. The minimum Gasteiger partial charge on any atom is -0.323 e. The maximum Gasteiger partial charge on any atom is 0.273 e. The molecule has 5 rings (SSSR count). The number of amides is 1. The monoisotopic (exact) mass is 437 g/mol. The van der Waals surface area contributed by atoms with E-state index in [-0.39, 0.29) is 18.0 Å². The number of aromatic nitrogens is 2. The van der Waals surface area contributed by atoms with Gasteiger partial charge >= 0.3 is 0 Å². The number of hydrogen-bond donors (Lipinski definition) is 1. The molecular formula is C24H24ClN3OS. The second-order valence-electron chi connectivity index (χ2n) is 8.05. The predicted octanol–water partition coefficient (Wildman–Crippen LogP) is 6.33. The van der Waals surface area contributed by atoms with Gasteiger partial charge in [0.1, 0.15) is 5.69 Å². The van der Waals surface area contributed by atoms with Gasteiger partial charge < -0.3 is 4.90 Å². The molecule has 2 aromatic carbocycles. The first-order chi connectivity index (χ1) is 14.7. The van der Waals surface area contributed by atoms with Crippen LogP contribution in [0.4, 0.5) is 0 Å². The van der Waals surface area contributed by atoms with Gasteiger partial charge in [0, 0.05) is 27.1 Å². The van der Waals surface area contributed by atoms with E-state index in [1.54, 1.807) is 11.8 Å². The third kappa shape index (κ3) is 3.34. The molecule has 1 amide bonds. The SMILES string of the molecule is CSc1ccc(C2c3c(-c4ccc(Cl)cc4)n[nH]c3C(=O)N2C2CCCCC2)cc1. The molecule has 6 heteroatoms. The third-order valence-corrected chi connectivity index (χ3v) is 7.32. The molecule has 4 nitrogen and oxygen atoms in total. The van der Waals surface area contributed by atoms with Crippen molar-refractivity contribution >= 4 is 29.3 Å². The van der Waals surface area contributed by atoms with E-state index < -0.39 is 0 Å². The Morgan fingerprint density at radius 1 is 1.03 bits per heavy atom. The standard InChI is InChI=1S/C24H24ClN3OS/c1-30-19-13-9-16(10-14-19)23-20-21(15-7-11-17(25)12-8-15)26-27-22(20)24(29)28(23)18-5-3-2-4-6-18/h7-14,18,23H,2-6H2,1H3,(H,26,27). The van der Waals surface area contributed by atoms with Gasteiger partial charge in [-0.1, -0.05) is 55.1 Å². The topological polar surface area (TPSA) is 49.0 Å². The largest absolute Gasteiger partial charge is 0.323 e.